The van der Waals surface area contributed by atoms with Crippen molar-refractivity contribution in [3.05, 3.63) is 42.1 Å². The van der Waals surface area contributed by atoms with E-state index in [0.717, 1.165) is 37.8 Å². The smallest absolute Gasteiger partial charge is 0.475 e. The molecule has 2 aromatic carbocycles. The second-order valence-electron chi connectivity index (χ2n) is 8.85. The number of aryl methyl sites for hydroxylation is 1. The van der Waals surface area contributed by atoms with E-state index in [1.807, 2.05) is 36.5 Å². The van der Waals surface area contributed by atoms with Gasteiger partial charge >= 0.3 is 24.3 Å². The minimum Gasteiger partial charge on any atom is -0.475 e. The summed E-state index contributed by atoms with van der Waals surface area (Å²) in [5.41, 5.74) is 5.01. The highest BCUT2D eigenvalue weighted by atomic mass is 32.1. The number of anilines is 1. The van der Waals surface area contributed by atoms with Crippen LogP contribution >= 0.6 is 11.3 Å². The Labute approximate surface area is 233 Å². The second-order valence-corrected chi connectivity index (χ2v) is 9.88. The fourth-order valence-corrected chi connectivity index (χ4v) is 4.61. The van der Waals surface area contributed by atoms with Gasteiger partial charge in [-0.2, -0.15) is 31.4 Å². The van der Waals surface area contributed by atoms with Gasteiger partial charge in [0.05, 0.1) is 21.9 Å². The lowest BCUT2D eigenvalue weighted by Crippen LogP contribution is -2.42. The van der Waals surface area contributed by atoms with Crippen LogP contribution < -0.4 is 5.32 Å². The first-order valence-corrected chi connectivity index (χ1v) is 12.2. The van der Waals surface area contributed by atoms with Crippen molar-refractivity contribution in [1.82, 2.24) is 15.2 Å². The fraction of sp³-hybridized carbons (Fsp3) is 0.292. The molecule has 0 aliphatic heterocycles. The number of rotatable bonds is 3. The van der Waals surface area contributed by atoms with Gasteiger partial charge in [-0.3, -0.25) is 9.89 Å². The van der Waals surface area contributed by atoms with Crippen molar-refractivity contribution in [1.29, 1.82) is 0 Å². The van der Waals surface area contributed by atoms with Gasteiger partial charge in [0, 0.05) is 24.1 Å². The maximum atomic E-state index is 13.0. The van der Waals surface area contributed by atoms with E-state index in [2.05, 4.69) is 27.4 Å². The number of hydrogen-bond donors (Lipinski definition) is 4. The monoisotopic (exact) mass is 626 g/mol. The molecule has 0 unspecified atom stereocenters. The first kappa shape index (κ1) is 32.2. The number of carbonyl (C=O) groups is 3. The van der Waals surface area contributed by atoms with E-state index in [4.69, 9.17) is 19.8 Å². The Bertz CT molecular complexity index is 1600. The lowest BCUT2D eigenvalue weighted by molar-refractivity contribution is -0.193. The topological polar surface area (TPSA) is 145 Å². The van der Waals surface area contributed by atoms with Crippen molar-refractivity contribution < 1.29 is 59.7 Å². The van der Waals surface area contributed by atoms with Crippen LogP contribution in [0, 0.1) is 12.8 Å². The zero-order chi connectivity index (χ0) is 31.6. The average Bonchev–Trinajstić information content (AvgIpc) is 3.47. The summed E-state index contributed by atoms with van der Waals surface area (Å²) in [6, 6.07) is 9.99. The van der Waals surface area contributed by atoms with Gasteiger partial charge in [-0.1, -0.05) is 23.5 Å². The molecule has 1 saturated carbocycles. The van der Waals surface area contributed by atoms with Gasteiger partial charge in [-0.25, -0.2) is 23.4 Å². The van der Waals surface area contributed by atoms with Crippen molar-refractivity contribution in [2.24, 2.45) is 5.92 Å². The standard InChI is InChI=1S/C20H16F2N4OS.2C2HF3O2/c1-10-2-4-14-13(9-23-26-14)17(10)11-3-5-15-16(6-11)28-19(24-15)25-18(27)12-7-20(21,22)8-12;2*3-2(4,5)1(6)7/h2-6,9,12H,7-8H2,1H3,(H,23,26)(H,24,25,27);2*(H,6,7). The number of carboxylic acid groups (broad SMARTS) is 2. The molecule has 1 fully saturated rings. The van der Waals surface area contributed by atoms with Crippen molar-refractivity contribution >= 4 is 55.4 Å². The summed E-state index contributed by atoms with van der Waals surface area (Å²) < 4.78 is 90.4. The maximum Gasteiger partial charge on any atom is 0.490 e. The van der Waals surface area contributed by atoms with Crippen molar-refractivity contribution in [3.63, 3.8) is 0 Å². The molecular formula is C24H18F8N4O5S. The highest BCUT2D eigenvalue weighted by Crippen LogP contribution is 2.43. The number of amides is 1. The molecule has 1 amide bonds. The molecule has 0 bridgehead atoms. The summed E-state index contributed by atoms with van der Waals surface area (Å²) in [6.07, 6.45) is -9.13. The van der Waals surface area contributed by atoms with Gasteiger partial charge in [-0.15, -0.1) is 0 Å². The van der Waals surface area contributed by atoms with Crippen molar-refractivity contribution in [3.8, 4) is 11.1 Å². The summed E-state index contributed by atoms with van der Waals surface area (Å²) in [7, 11) is 0. The predicted molar refractivity (Wildman–Crippen MR) is 133 cm³/mol. The number of carbonyl (C=O) groups excluding carboxylic acids is 1. The molecule has 0 saturated heterocycles. The summed E-state index contributed by atoms with van der Waals surface area (Å²) >= 11 is 1.35. The Morgan fingerprint density at radius 1 is 1.00 bits per heavy atom. The molecule has 5 rings (SSSR count). The lowest BCUT2D eigenvalue weighted by Gasteiger charge is -2.33. The van der Waals surface area contributed by atoms with Crippen LogP contribution in [0.5, 0.6) is 0 Å². The SMILES string of the molecule is Cc1ccc2[nH]ncc2c1-c1ccc2nc(NC(=O)C3CC(F)(F)C3)sc2c1.O=C(O)C(F)(F)F.O=C(O)C(F)(F)F. The van der Waals surface area contributed by atoms with Gasteiger partial charge < -0.3 is 15.5 Å². The molecule has 9 nitrogen and oxygen atoms in total. The largest absolute Gasteiger partial charge is 0.490 e. The fourth-order valence-electron chi connectivity index (χ4n) is 3.70. The van der Waals surface area contributed by atoms with Crippen LogP contribution in [-0.2, 0) is 14.4 Å². The molecule has 0 spiro atoms. The Hall–Kier alpha value is -4.35. The molecular weight excluding hydrogens is 608 g/mol. The van der Waals surface area contributed by atoms with Gasteiger partial charge in [0.15, 0.2) is 5.13 Å². The number of aliphatic carboxylic acids is 2. The molecule has 1 aliphatic carbocycles. The van der Waals surface area contributed by atoms with Crippen LogP contribution in [0.1, 0.15) is 18.4 Å². The summed E-state index contributed by atoms with van der Waals surface area (Å²) in [6.45, 7) is 2.05. The van der Waals surface area contributed by atoms with Crippen LogP contribution in [-0.4, -0.2) is 61.5 Å². The molecule has 42 heavy (non-hydrogen) atoms. The van der Waals surface area contributed by atoms with Crippen LogP contribution in [0.2, 0.25) is 0 Å². The molecule has 2 heterocycles. The molecule has 0 radical (unpaired) electrons. The zero-order valence-corrected chi connectivity index (χ0v) is 21.7. The molecule has 226 valence electrons. The molecule has 18 heteroatoms. The Morgan fingerprint density at radius 2 is 1.57 bits per heavy atom. The minimum absolute atomic E-state index is 0.385. The number of H-pyrrole nitrogens is 1. The number of thiazole rings is 1. The zero-order valence-electron chi connectivity index (χ0n) is 20.9. The number of benzene rings is 2. The van der Waals surface area contributed by atoms with E-state index in [0.29, 0.717) is 5.13 Å². The quantitative estimate of drug-likeness (QED) is 0.193. The number of nitrogens with zero attached hydrogens (tertiary/aromatic N) is 2. The van der Waals surface area contributed by atoms with Crippen LogP contribution in [0.25, 0.3) is 32.2 Å². The summed E-state index contributed by atoms with van der Waals surface area (Å²) in [4.78, 5) is 34.3. The van der Waals surface area contributed by atoms with Crippen LogP contribution in [0.3, 0.4) is 0 Å². The van der Waals surface area contributed by atoms with E-state index in [-0.39, 0.29) is 18.7 Å². The number of halogens is 8. The van der Waals surface area contributed by atoms with E-state index in [9.17, 15) is 39.9 Å². The van der Waals surface area contributed by atoms with Crippen molar-refractivity contribution in [2.45, 2.75) is 38.0 Å². The van der Waals surface area contributed by atoms with Crippen LogP contribution in [0.4, 0.5) is 40.3 Å². The second kappa shape index (κ2) is 11.9. The Morgan fingerprint density at radius 3 is 2.10 bits per heavy atom. The van der Waals surface area contributed by atoms with Gasteiger partial charge in [0.1, 0.15) is 0 Å². The van der Waals surface area contributed by atoms with Gasteiger partial charge in [0.2, 0.25) is 11.8 Å². The van der Waals surface area contributed by atoms with Gasteiger partial charge in [-0.05, 0) is 41.8 Å². The predicted octanol–water partition coefficient (Wildman–Crippen LogP) is 6.40. The summed E-state index contributed by atoms with van der Waals surface area (Å²) in [5.74, 6) is -9.25. The normalized spacial score (nSPS) is 14.7. The molecule has 1 aliphatic rings. The highest BCUT2D eigenvalue weighted by molar-refractivity contribution is 7.22. The first-order chi connectivity index (χ1) is 19.3. The first-order valence-electron chi connectivity index (χ1n) is 11.4. The average molecular weight is 626 g/mol. The number of nitrogens with one attached hydrogen (secondary N) is 2. The number of hydrogen-bond acceptors (Lipinski definition) is 6. The minimum atomic E-state index is -5.08. The molecule has 2 aromatic heterocycles. The third-order valence-corrected chi connectivity index (χ3v) is 6.62. The lowest BCUT2D eigenvalue weighted by atomic mass is 9.81. The highest BCUT2D eigenvalue weighted by Gasteiger charge is 2.48. The number of carboxylic acids is 2. The summed E-state index contributed by atoms with van der Waals surface area (Å²) in [5, 5.41) is 25.5. The third-order valence-electron chi connectivity index (χ3n) is 5.69. The molecule has 0 atom stereocenters. The molecule has 4 aromatic rings. The number of alkyl halides is 8. The Balaban J connectivity index is 0.000000289. The van der Waals surface area contributed by atoms with Gasteiger partial charge in [0.25, 0.3) is 0 Å². The van der Waals surface area contributed by atoms with E-state index in [1.54, 1.807) is 0 Å². The molecule has 4 N–H and O–H groups in total. The van der Waals surface area contributed by atoms with Crippen LogP contribution in [0.15, 0.2) is 36.5 Å². The van der Waals surface area contributed by atoms with E-state index < -0.39 is 36.1 Å². The van der Waals surface area contributed by atoms with E-state index in [1.165, 1.54) is 11.3 Å². The maximum absolute atomic E-state index is 13.0. The number of aromatic amines is 1. The number of fused-ring (bicyclic) bond motifs is 2. The van der Waals surface area contributed by atoms with Crippen molar-refractivity contribution in [2.75, 3.05) is 5.32 Å². The number of aromatic nitrogens is 3. The third kappa shape index (κ3) is 7.89. The van der Waals surface area contributed by atoms with E-state index >= 15 is 0 Å². The Kier molecular flexibility index (Phi) is 9.09.